The van der Waals surface area contributed by atoms with Gasteiger partial charge in [0.15, 0.2) is 0 Å². The second-order valence-corrected chi connectivity index (χ2v) is 5.38. The zero-order valence-corrected chi connectivity index (χ0v) is 10.1. The third kappa shape index (κ3) is 1.70. The van der Waals surface area contributed by atoms with Crippen LogP contribution in [0.1, 0.15) is 24.8 Å². The number of nitrogens with zero attached hydrogens (tertiary/aromatic N) is 1. The van der Waals surface area contributed by atoms with Crippen LogP contribution in [-0.4, -0.2) is 18.6 Å². The molecule has 2 heterocycles. The second kappa shape index (κ2) is 3.94. The first-order chi connectivity index (χ1) is 7.74. The summed E-state index contributed by atoms with van der Waals surface area (Å²) >= 11 is 6.04. The van der Waals surface area contributed by atoms with E-state index >= 15 is 0 Å². The molecular weight excluding hydrogens is 220 g/mol. The van der Waals surface area contributed by atoms with Crippen molar-refractivity contribution in [2.45, 2.75) is 37.8 Å². The number of piperidine rings is 1. The molecule has 2 atom stereocenters. The molecule has 0 bridgehead atoms. The van der Waals surface area contributed by atoms with Crippen LogP contribution in [0.25, 0.3) is 0 Å². The zero-order chi connectivity index (χ0) is 11.1. The molecule has 2 nitrogen and oxygen atoms in total. The molecule has 0 aromatic heterocycles. The minimum atomic E-state index is 0.398. The molecule has 2 N–H and O–H groups in total. The largest absolute Gasteiger partial charge is 0.368 e. The maximum absolute atomic E-state index is 6.04. The van der Waals surface area contributed by atoms with E-state index in [0.29, 0.717) is 12.1 Å². The fourth-order valence-electron chi connectivity index (χ4n) is 3.03. The summed E-state index contributed by atoms with van der Waals surface area (Å²) in [6, 6.07) is 7.33. The van der Waals surface area contributed by atoms with Crippen LogP contribution in [0.15, 0.2) is 18.2 Å². The van der Waals surface area contributed by atoms with Crippen LogP contribution in [-0.2, 0) is 6.42 Å². The van der Waals surface area contributed by atoms with Crippen molar-refractivity contribution in [1.82, 2.24) is 0 Å². The van der Waals surface area contributed by atoms with Gasteiger partial charge in [-0.3, -0.25) is 0 Å². The number of anilines is 1. The molecule has 86 valence electrons. The van der Waals surface area contributed by atoms with Crippen LogP contribution in [0, 0.1) is 0 Å². The van der Waals surface area contributed by atoms with Gasteiger partial charge in [-0.2, -0.15) is 0 Å². The fraction of sp³-hybridized carbons (Fsp3) is 0.538. The Balaban J connectivity index is 1.94. The molecule has 1 aromatic rings. The Morgan fingerprint density at radius 1 is 1.31 bits per heavy atom. The molecule has 2 aliphatic heterocycles. The van der Waals surface area contributed by atoms with E-state index in [0.717, 1.165) is 30.8 Å². The highest BCUT2D eigenvalue weighted by Gasteiger charge is 2.31. The third-order valence-electron chi connectivity index (χ3n) is 3.85. The van der Waals surface area contributed by atoms with Crippen LogP contribution in [0.3, 0.4) is 0 Å². The number of hydrogen-bond donors (Lipinski definition) is 1. The molecule has 1 aromatic carbocycles. The summed E-state index contributed by atoms with van der Waals surface area (Å²) in [7, 11) is 0. The minimum absolute atomic E-state index is 0.398. The molecule has 2 unspecified atom stereocenters. The Labute approximate surface area is 101 Å². The molecule has 0 saturated carbocycles. The van der Waals surface area contributed by atoms with Gasteiger partial charge in [0.05, 0.1) is 0 Å². The molecule has 0 radical (unpaired) electrons. The summed E-state index contributed by atoms with van der Waals surface area (Å²) in [6.07, 6.45) is 4.62. The summed E-state index contributed by atoms with van der Waals surface area (Å²) in [5.41, 5.74) is 8.82. The van der Waals surface area contributed by atoms with Crippen molar-refractivity contribution in [1.29, 1.82) is 0 Å². The monoisotopic (exact) mass is 236 g/mol. The number of benzene rings is 1. The predicted molar refractivity (Wildman–Crippen MR) is 68.1 cm³/mol. The molecule has 0 aliphatic carbocycles. The summed E-state index contributed by atoms with van der Waals surface area (Å²) in [4.78, 5) is 2.53. The van der Waals surface area contributed by atoms with Crippen molar-refractivity contribution in [2.24, 2.45) is 5.73 Å². The number of aryl methyl sites for hydroxylation is 1. The zero-order valence-electron chi connectivity index (χ0n) is 9.32. The van der Waals surface area contributed by atoms with Crippen LogP contribution in [0.5, 0.6) is 0 Å². The number of halogens is 1. The van der Waals surface area contributed by atoms with Gasteiger partial charge in [0.25, 0.3) is 0 Å². The van der Waals surface area contributed by atoms with Gasteiger partial charge in [0.2, 0.25) is 0 Å². The molecular formula is C13H17ClN2. The van der Waals surface area contributed by atoms with Gasteiger partial charge in [0, 0.05) is 29.3 Å². The van der Waals surface area contributed by atoms with Crippen molar-refractivity contribution in [2.75, 3.05) is 11.4 Å². The highest BCUT2D eigenvalue weighted by molar-refractivity contribution is 6.30. The van der Waals surface area contributed by atoms with E-state index < -0.39 is 0 Å². The van der Waals surface area contributed by atoms with E-state index in [4.69, 9.17) is 17.3 Å². The molecule has 2 aliphatic rings. The third-order valence-corrected chi connectivity index (χ3v) is 4.09. The van der Waals surface area contributed by atoms with E-state index in [9.17, 15) is 0 Å². The first-order valence-electron chi connectivity index (χ1n) is 6.04. The maximum atomic E-state index is 6.04. The molecule has 3 rings (SSSR count). The molecule has 1 fully saturated rings. The normalized spacial score (nSPS) is 28.5. The van der Waals surface area contributed by atoms with Crippen LogP contribution >= 0.6 is 11.6 Å². The smallest absolute Gasteiger partial charge is 0.0410 e. The Kier molecular flexibility index (Phi) is 2.56. The molecule has 0 spiro atoms. The van der Waals surface area contributed by atoms with Crippen molar-refractivity contribution < 1.29 is 0 Å². The average Bonchev–Trinajstić information content (AvgIpc) is 2.28. The lowest BCUT2D eigenvalue weighted by Gasteiger charge is -2.44. The van der Waals surface area contributed by atoms with Crippen LogP contribution in [0.2, 0.25) is 5.02 Å². The van der Waals surface area contributed by atoms with Gasteiger partial charge in [-0.1, -0.05) is 11.6 Å². The summed E-state index contributed by atoms with van der Waals surface area (Å²) < 4.78 is 0. The standard InChI is InChI=1S/C13H17ClN2/c14-10-2-4-13-9(7-10)1-3-12-8-11(15)5-6-16(12)13/h2,4,7,11-12H,1,3,5-6,8,15H2. The van der Waals surface area contributed by atoms with E-state index in [2.05, 4.69) is 17.0 Å². The van der Waals surface area contributed by atoms with Gasteiger partial charge in [-0.05, 0) is 49.4 Å². The Morgan fingerprint density at radius 2 is 2.19 bits per heavy atom. The summed E-state index contributed by atoms with van der Waals surface area (Å²) in [6.45, 7) is 1.10. The number of nitrogens with two attached hydrogens (primary N) is 1. The van der Waals surface area contributed by atoms with E-state index in [1.54, 1.807) is 0 Å². The van der Waals surface area contributed by atoms with Crippen molar-refractivity contribution in [3.8, 4) is 0 Å². The van der Waals surface area contributed by atoms with E-state index in [1.165, 1.54) is 17.7 Å². The fourth-order valence-corrected chi connectivity index (χ4v) is 3.22. The molecule has 16 heavy (non-hydrogen) atoms. The van der Waals surface area contributed by atoms with Gasteiger partial charge < -0.3 is 10.6 Å². The van der Waals surface area contributed by atoms with E-state index in [-0.39, 0.29) is 0 Å². The lowest BCUT2D eigenvalue weighted by atomic mass is 9.88. The lowest BCUT2D eigenvalue weighted by Crippen LogP contribution is -2.49. The summed E-state index contributed by atoms with van der Waals surface area (Å²) in [5, 5.41) is 0.853. The predicted octanol–water partition coefficient (Wildman–Crippen LogP) is 2.58. The first-order valence-corrected chi connectivity index (χ1v) is 6.42. The molecule has 3 heteroatoms. The van der Waals surface area contributed by atoms with Crippen molar-refractivity contribution in [3.63, 3.8) is 0 Å². The highest BCUT2D eigenvalue weighted by atomic mass is 35.5. The Morgan fingerprint density at radius 3 is 3.06 bits per heavy atom. The second-order valence-electron chi connectivity index (χ2n) is 4.94. The average molecular weight is 237 g/mol. The Hall–Kier alpha value is -0.730. The minimum Gasteiger partial charge on any atom is -0.368 e. The SMILES string of the molecule is NC1CCN2c3ccc(Cl)cc3CCC2C1. The van der Waals surface area contributed by atoms with Gasteiger partial charge in [0.1, 0.15) is 0 Å². The van der Waals surface area contributed by atoms with Crippen molar-refractivity contribution in [3.05, 3.63) is 28.8 Å². The first kappa shape index (κ1) is 10.4. The molecule has 0 amide bonds. The number of rotatable bonds is 0. The van der Waals surface area contributed by atoms with E-state index in [1.807, 2.05) is 6.07 Å². The van der Waals surface area contributed by atoms with Crippen LogP contribution in [0.4, 0.5) is 5.69 Å². The quantitative estimate of drug-likeness (QED) is 0.750. The number of fused-ring (bicyclic) bond motifs is 3. The van der Waals surface area contributed by atoms with Crippen molar-refractivity contribution >= 4 is 17.3 Å². The summed E-state index contributed by atoms with van der Waals surface area (Å²) in [5.74, 6) is 0. The number of hydrogen-bond acceptors (Lipinski definition) is 2. The lowest BCUT2D eigenvalue weighted by molar-refractivity contribution is 0.384. The van der Waals surface area contributed by atoms with Gasteiger partial charge >= 0.3 is 0 Å². The topological polar surface area (TPSA) is 29.3 Å². The maximum Gasteiger partial charge on any atom is 0.0410 e. The Bertz CT molecular complexity index is 405. The highest BCUT2D eigenvalue weighted by Crippen LogP contribution is 2.36. The van der Waals surface area contributed by atoms with Gasteiger partial charge in [-0.15, -0.1) is 0 Å². The molecule has 1 saturated heterocycles. The van der Waals surface area contributed by atoms with Gasteiger partial charge in [-0.25, -0.2) is 0 Å². The van der Waals surface area contributed by atoms with Crippen LogP contribution < -0.4 is 10.6 Å².